The van der Waals surface area contributed by atoms with Gasteiger partial charge in [-0.05, 0) is 66.4 Å². The van der Waals surface area contributed by atoms with Gasteiger partial charge in [0.15, 0.2) is 11.3 Å². The first-order valence-electron chi connectivity index (χ1n) is 8.84. The van der Waals surface area contributed by atoms with E-state index in [0.717, 1.165) is 22.3 Å². The number of rotatable bonds is 3. The summed E-state index contributed by atoms with van der Waals surface area (Å²) in [7, 11) is 0. The number of nitrogens with zero attached hydrogens (tertiary/aromatic N) is 2. The Labute approximate surface area is 162 Å². The third-order valence-electron chi connectivity index (χ3n) is 4.74. The van der Waals surface area contributed by atoms with Gasteiger partial charge in [-0.2, -0.15) is 5.26 Å². The second-order valence-corrected chi connectivity index (χ2v) is 6.65. The highest BCUT2D eigenvalue weighted by atomic mass is 16.5. The van der Waals surface area contributed by atoms with E-state index in [1.807, 2.05) is 43.3 Å². The number of aromatic nitrogens is 1. The van der Waals surface area contributed by atoms with Crippen molar-refractivity contribution >= 4 is 22.6 Å². The first-order chi connectivity index (χ1) is 13.6. The molecule has 0 unspecified atom stereocenters. The van der Waals surface area contributed by atoms with Crippen LogP contribution in [0.5, 0.6) is 0 Å². The maximum Gasteiger partial charge on any atom is 0.278 e. The first kappa shape index (κ1) is 17.5. The predicted molar refractivity (Wildman–Crippen MR) is 108 cm³/mol. The molecule has 0 bridgehead atoms. The molecule has 1 N–H and O–H groups in total. The number of fused-ring (bicyclic) bond motifs is 1. The van der Waals surface area contributed by atoms with Crippen molar-refractivity contribution in [2.45, 2.75) is 13.8 Å². The Morgan fingerprint density at radius 2 is 1.86 bits per heavy atom. The monoisotopic (exact) mass is 367 g/mol. The Kier molecular flexibility index (Phi) is 4.38. The zero-order chi connectivity index (χ0) is 19.7. The number of carbonyl (C=O) groups is 1. The van der Waals surface area contributed by atoms with Crippen LogP contribution in [0.1, 0.15) is 27.2 Å². The SMILES string of the molecule is Cc1cc(C#N)ccc1NC(=O)c1noc2ccc(-c3ccccc3C)cc12. The van der Waals surface area contributed by atoms with E-state index in [9.17, 15) is 4.79 Å². The van der Waals surface area contributed by atoms with Crippen LogP contribution < -0.4 is 5.32 Å². The fourth-order valence-corrected chi connectivity index (χ4v) is 3.22. The second-order valence-electron chi connectivity index (χ2n) is 6.65. The lowest BCUT2D eigenvalue weighted by atomic mass is 9.99. The van der Waals surface area contributed by atoms with E-state index in [4.69, 9.17) is 9.78 Å². The first-order valence-corrected chi connectivity index (χ1v) is 8.84. The van der Waals surface area contributed by atoms with Crippen LogP contribution in [-0.2, 0) is 0 Å². The maximum absolute atomic E-state index is 12.8. The average Bonchev–Trinajstić information content (AvgIpc) is 3.13. The van der Waals surface area contributed by atoms with Crippen LogP contribution in [0.4, 0.5) is 5.69 Å². The summed E-state index contributed by atoms with van der Waals surface area (Å²) in [6.07, 6.45) is 0. The molecule has 0 atom stereocenters. The third-order valence-corrected chi connectivity index (χ3v) is 4.74. The van der Waals surface area contributed by atoms with Gasteiger partial charge in [0.2, 0.25) is 0 Å². The molecule has 4 rings (SSSR count). The molecule has 28 heavy (non-hydrogen) atoms. The summed E-state index contributed by atoms with van der Waals surface area (Å²) in [4.78, 5) is 12.8. The highest BCUT2D eigenvalue weighted by molar-refractivity contribution is 6.11. The van der Waals surface area contributed by atoms with Gasteiger partial charge in [0.1, 0.15) is 0 Å². The summed E-state index contributed by atoms with van der Waals surface area (Å²) >= 11 is 0. The van der Waals surface area contributed by atoms with E-state index in [2.05, 4.69) is 29.5 Å². The molecular weight excluding hydrogens is 350 g/mol. The van der Waals surface area contributed by atoms with Crippen molar-refractivity contribution < 1.29 is 9.32 Å². The molecule has 0 aliphatic rings. The molecule has 1 aromatic heterocycles. The number of nitrogens with one attached hydrogen (secondary N) is 1. The van der Waals surface area contributed by atoms with E-state index < -0.39 is 0 Å². The van der Waals surface area contributed by atoms with Gasteiger partial charge in [-0.1, -0.05) is 35.5 Å². The van der Waals surface area contributed by atoms with Crippen molar-refractivity contribution in [2.24, 2.45) is 0 Å². The fraction of sp³-hybridized carbons (Fsp3) is 0.0870. The van der Waals surface area contributed by atoms with E-state index in [1.165, 1.54) is 0 Å². The zero-order valence-electron chi connectivity index (χ0n) is 15.5. The van der Waals surface area contributed by atoms with Gasteiger partial charge in [0.25, 0.3) is 5.91 Å². The lowest BCUT2D eigenvalue weighted by Crippen LogP contribution is -2.13. The molecule has 0 spiro atoms. The molecule has 0 radical (unpaired) electrons. The van der Waals surface area contributed by atoms with Crippen LogP contribution in [0.2, 0.25) is 0 Å². The third kappa shape index (κ3) is 3.12. The van der Waals surface area contributed by atoms with Crippen molar-refractivity contribution in [2.75, 3.05) is 5.32 Å². The second kappa shape index (κ2) is 7.01. The number of hydrogen-bond acceptors (Lipinski definition) is 4. The number of amides is 1. The van der Waals surface area contributed by atoms with Gasteiger partial charge in [-0.25, -0.2) is 0 Å². The fourth-order valence-electron chi connectivity index (χ4n) is 3.22. The van der Waals surface area contributed by atoms with Gasteiger partial charge < -0.3 is 9.84 Å². The van der Waals surface area contributed by atoms with Gasteiger partial charge in [0.05, 0.1) is 17.0 Å². The number of carbonyl (C=O) groups excluding carboxylic acids is 1. The predicted octanol–water partition coefficient (Wildman–Crippen LogP) is 5.24. The van der Waals surface area contributed by atoms with Crippen LogP contribution in [0.25, 0.3) is 22.1 Å². The Hall–Kier alpha value is -3.91. The summed E-state index contributed by atoms with van der Waals surface area (Å²) < 4.78 is 5.34. The lowest BCUT2D eigenvalue weighted by Gasteiger charge is -2.08. The van der Waals surface area contributed by atoms with Crippen molar-refractivity contribution in [3.63, 3.8) is 0 Å². The number of nitriles is 1. The minimum absolute atomic E-state index is 0.231. The van der Waals surface area contributed by atoms with E-state index in [0.29, 0.717) is 22.2 Å². The van der Waals surface area contributed by atoms with E-state index >= 15 is 0 Å². The largest absolute Gasteiger partial charge is 0.355 e. The van der Waals surface area contributed by atoms with Crippen molar-refractivity contribution in [3.8, 4) is 17.2 Å². The number of aryl methyl sites for hydroxylation is 2. The lowest BCUT2D eigenvalue weighted by molar-refractivity contribution is 0.102. The van der Waals surface area contributed by atoms with Gasteiger partial charge in [-0.3, -0.25) is 4.79 Å². The number of anilines is 1. The summed E-state index contributed by atoms with van der Waals surface area (Å²) in [5.41, 5.74) is 6.02. The van der Waals surface area contributed by atoms with Crippen LogP contribution in [0, 0.1) is 25.2 Å². The molecule has 0 saturated carbocycles. The maximum atomic E-state index is 12.8. The Balaban J connectivity index is 1.71. The molecule has 4 aromatic rings. The number of hydrogen-bond donors (Lipinski definition) is 1. The highest BCUT2D eigenvalue weighted by Crippen LogP contribution is 2.29. The molecule has 0 fully saturated rings. The molecule has 0 aliphatic heterocycles. The topological polar surface area (TPSA) is 78.9 Å². The minimum atomic E-state index is -0.353. The van der Waals surface area contributed by atoms with E-state index in [-0.39, 0.29) is 11.6 Å². The van der Waals surface area contributed by atoms with Crippen molar-refractivity contribution in [1.82, 2.24) is 5.16 Å². The van der Waals surface area contributed by atoms with Gasteiger partial charge >= 0.3 is 0 Å². The van der Waals surface area contributed by atoms with Crippen LogP contribution >= 0.6 is 0 Å². The smallest absolute Gasteiger partial charge is 0.278 e. The molecule has 1 heterocycles. The van der Waals surface area contributed by atoms with Crippen LogP contribution in [0.15, 0.2) is 65.2 Å². The molecule has 5 heteroatoms. The van der Waals surface area contributed by atoms with Gasteiger partial charge in [-0.15, -0.1) is 0 Å². The molecule has 3 aromatic carbocycles. The quantitative estimate of drug-likeness (QED) is 0.537. The molecule has 0 aliphatic carbocycles. The van der Waals surface area contributed by atoms with Crippen molar-refractivity contribution in [3.05, 3.63) is 83.0 Å². The van der Waals surface area contributed by atoms with Crippen molar-refractivity contribution in [1.29, 1.82) is 5.26 Å². The van der Waals surface area contributed by atoms with Gasteiger partial charge in [0, 0.05) is 5.69 Å². The molecular formula is C23H17N3O2. The summed E-state index contributed by atoms with van der Waals surface area (Å²) in [5, 5.41) is 16.5. The standard InChI is InChI=1S/C23H17N3O2/c1-14-5-3-4-6-18(14)17-8-10-21-19(12-17)22(26-28-21)23(27)25-20-9-7-16(13-24)11-15(20)2/h3-12H,1-2H3,(H,25,27). The van der Waals surface area contributed by atoms with E-state index in [1.54, 1.807) is 18.2 Å². The molecule has 136 valence electrons. The Morgan fingerprint density at radius 3 is 2.61 bits per heavy atom. The Bertz CT molecular complexity index is 1250. The summed E-state index contributed by atoms with van der Waals surface area (Å²) in [5.74, 6) is -0.353. The zero-order valence-corrected chi connectivity index (χ0v) is 15.5. The summed E-state index contributed by atoms with van der Waals surface area (Å²) in [6.45, 7) is 3.89. The minimum Gasteiger partial charge on any atom is -0.355 e. The molecule has 0 saturated heterocycles. The summed E-state index contributed by atoms with van der Waals surface area (Å²) in [6, 6.07) is 21.0. The normalized spacial score (nSPS) is 10.6. The number of benzene rings is 3. The molecule has 1 amide bonds. The van der Waals surface area contributed by atoms with Crippen LogP contribution in [0.3, 0.4) is 0 Å². The Morgan fingerprint density at radius 1 is 1.04 bits per heavy atom. The van der Waals surface area contributed by atoms with Crippen LogP contribution in [-0.4, -0.2) is 11.1 Å². The molecule has 5 nitrogen and oxygen atoms in total. The average molecular weight is 367 g/mol. The highest BCUT2D eigenvalue weighted by Gasteiger charge is 2.18.